The summed E-state index contributed by atoms with van der Waals surface area (Å²) in [5.41, 5.74) is 1.18. The Labute approximate surface area is 110 Å². The minimum Gasteiger partial charge on any atom is -0.338 e. The minimum atomic E-state index is -0.0764. The molecule has 1 aromatic rings. The summed E-state index contributed by atoms with van der Waals surface area (Å²) in [7, 11) is 0. The Hall–Kier alpha value is -1.51. The quantitative estimate of drug-likeness (QED) is 0.746. The van der Waals surface area contributed by atoms with Gasteiger partial charge in [-0.25, -0.2) is 4.79 Å². The molecule has 2 N–H and O–H groups in total. The predicted octanol–water partition coefficient (Wildman–Crippen LogP) is 3.06. The molecule has 0 saturated carbocycles. The Balaban J connectivity index is 2.40. The van der Waals surface area contributed by atoms with Crippen LogP contribution >= 0.6 is 0 Å². The zero-order chi connectivity index (χ0) is 13.4. The van der Waals surface area contributed by atoms with Crippen molar-refractivity contribution < 1.29 is 4.79 Å². The van der Waals surface area contributed by atoms with Crippen LogP contribution in [-0.4, -0.2) is 19.1 Å². The number of carbonyl (C=O) groups is 1. The first-order valence-corrected chi connectivity index (χ1v) is 6.63. The maximum atomic E-state index is 11.6. The van der Waals surface area contributed by atoms with E-state index in [1.54, 1.807) is 0 Å². The minimum absolute atomic E-state index is 0.0522. The third kappa shape index (κ3) is 4.78. The molecule has 1 rings (SSSR count). The fourth-order valence-electron chi connectivity index (χ4n) is 1.73. The summed E-state index contributed by atoms with van der Waals surface area (Å²) in [6.07, 6.45) is 2.12. The molecule has 0 aromatic heterocycles. The molecule has 0 atom stereocenters. The maximum Gasteiger partial charge on any atom is 0.314 e. The summed E-state index contributed by atoms with van der Waals surface area (Å²) >= 11 is 0. The zero-order valence-electron chi connectivity index (χ0n) is 11.6. The number of benzene rings is 1. The van der Waals surface area contributed by atoms with Crippen molar-refractivity contribution in [2.24, 2.45) is 0 Å². The molecule has 100 valence electrons. The van der Waals surface area contributed by atoms with Gasteiger partial charge in [0, 0.05) is 18.5 Å². The van der Waals surface area contributed by atoms with Gasteiger partial charge >= 0.3 is 6.03 Å². The number of nitrogens with one attached hydrogen (secondary N) is 2. The van der Waals surface area contributed by atoms with E-state index in [2.05, 4.69) is 43.5 Å². The van der Waals surface area contributed by atoms with Crippen LogP contribution in [0.2, 0.25) is 0 Å². The van der Waals surface area contributed by atoms with Crippen molar-refractivity contribution in [3.63, 3.8) is 0 Å². The van der Waals surface area contributed by atoms with Gasteiger partial charge in [-0.3, -0.25) is 0 Å². The topological polar surface area (TPSA) is 41.1 Å². The number of amides is 2. The van der Waals surface area contributed by atoms with E-state index in [-0.39, 0.29) is 11.4 Å². The summed E-state index contributed by atoms with van der Waals surface area (Å²) in [5.74, 6) is 0. The molecule has 0 bridgehead atoms. The predicted molar refractivity (Wildman–Crippen MR) is 75.8 cm³/mol. The smallest absolute Gasteiger partial charge is 0.314 e. The number of hydrogen-bond acceptors (Lipinski definition) is 1. The van der Waals surface area contributed by atoms with Crippen molar-refractivity contribution >= 4 is 6.03 Å². The van der Waals surface area contributed by atoms with Crippen molar-refractivity contribution in [3.05, 3.63) is 35.9 Å². The van der Waals surface area contributed by atoms with Crippen LogP contribution < -0.4 is 10.6 Å². The average molecular weight is 248 g/mol. The molecular formula is C15H24N2O. The van der Waals surface area contributed by atoms with Crippen molar-refractivity contribution in [2.75, 3.05) is 13.1 Å². The molecule has 0 unspecified atom stereocenters. The van der Waals surface area contributed by atoms with Gasteiger partial charge in [0.05, 0.1) is 0 Å². The molecule has 18 heavy (non-hydrogen) atoms. The van der Waals surface area contributed by atoms with Crippen LogP contribution in [0, 0.1) is 0 Å². The van der Waals surface area contributed by atoms with Gasteiger partial charge in [0.1, 0.15) is 0 Å². The number of hydrogen-bond donors (Lipinski definition) is 2. The molecule has 0 heterocycles. The second-order valence-corrected chi connectivity index (χ2v) is 5.21. The summed E-state index contributed by atoms with van der Waals surface area (Å²) in [6.45, 7) is 7.75. The number of rotatable bonds is 6. The monoisotopic (exact) mass is 248 g/mol. The first-order valence-electron chi connectivity index (χ1n) is 6.63. The van der Waals surface area contributed by atoms with Gasteiger partial charge in [0.15, 0.2) is 0 Å². The van der Waals surface area contributed by atoms with Crippen molar-refractivity contribution in [1.29, 1.82) is 0 Å². The highest BCUT2D eigenvalue weighted by Crippen LogP contribution is 2.21. The molecule has 0 saturated heterocycles. The highest BCUT2D eigenvalue weighted by Gasteiger charge is 2.20. The zero-order valence-corrected chi connectivity index (χ0v) is 11.6. The molecule has 3 heteroatoms. The lowest BCUT2D eigenvalue weighted by Crippen LogP contribution is -2.42. The second kappa shape index (κ2) is 7.04. The summed E-state index contributed by atoms with van der Waals surface area (Å²) in [6, 6.07) is 10.2. The Bertz CT molecular complexity index is 360. The fourth-order valence-corrected chi connectivity index (χ4v) is 1.73. The normalized spacial score (nSPS) is 11.1. The van der Waals surface area contributed by atoms with Crippen molar-refractivity contribution in [1.82, 2.24) is 10.6 Å². The molecular weight excluding hydrogens is 224 g/mol. The highest BCUT2D eigenvalue weighted by atomic mass is 16.2. The van der Waals surface area contributed by atoms with Gasteiger partial charge < -0.3 is 10.6 Å². The lowest BCUT2D eigenvalue weighted by molar-refractivity contribution is 0.238. The SMILES string of the molecule is CCCCNC(=O)NCC(C)(C)c1ccccc1. The van der Waals surface area contributed by atoms with E-state index in [0.29, 0.717) is 6.54 Å². The molecule has 1 aromatic carbocycles. The molecule has 0 aliphatic heterocycles. The van der Waals surface area contributed by atoms with E-state index in [0.717, 1.165) is 19.4 Å². The van der Waals surface area contributed by atoms with Gasteiger partial charge in [0.2, 0.25) is 0 Å². The molecule has 0 aliphatic carbocycles. The van der Waals surface area contributed by atoms with E-state index in [1.807, 2.05) is 18.2 Å². The Morgan fingerprint density at radius 1 is 1.17 bits per heavy atom. The largest absolute Gasteiger partial charge is 0.338 e. The van der Waals surface area contributed by atoms with Crippen LogP contribution in [-0.2, 0) is 5.41 Å². The van der Waals surface area contributed by atoms with E-state index >= 15 is 0 Å². The van der Waals surface area contributed by atoms with E-state index in [4.69, 9.17) is 0 Å². The van der Waals surface area contributed by atoms with E-state index in [1.165, 1.54) is 5.56 Å². The average Bonchev–Trinajstić information content (AvgIpc) is 2.38. The van der Waals surface area contributed by atoms with Crippen molar-refractivity contribution in [3.8, 4) is 0 Å². The lowest BCUT2D eigenvalue weighted by Gasteiger charge is -2.25. The first kappa shape index (κ1) is 14.6. The Morgan fingerprint density at radius 2 is 1.83 bits per heavy atom. The summed E-state index contributed by atoms with van der Waals surface area (Å²) < 4.78 is 0. The standard InChI is InChI=1S/C15H24N2O/c1-4-5-11-16-14(18)17-12-15(2,3)13-9-7-6-8-10-13/h6-10H,4-5,11-12H2,1-3H3,(H2,16,17,18). The molecule has 3 nitrogen and oxygen atoms in total. The van der Waals surface area contributed by atoms with Gasteiger partial charge in [-0.05, 0) is 12.0 Å². The maximum absolute atomic E-state index is 11.6. The fraction of sp³-hybridized carbons (Fsp3) is 0.533. The van der Waals surface area contributed by atoms with Crippen LogP contribution in [0.3, 0.4) is 0 Å². The first-order chi connectivity index (χ1) is 8.56. The highest BCUT2D eigenvalue weighted by molar-refractivity contribution is 5.73. The Morgan fingerprint density at radius 3 is 2.44 bits per heavy atom. The second-order valence-electron chi connectivity index (χ2n) is 5.21. The van der Waals surface area contributed by atoms with Crippen LogP contribution in [0.15, 0.2) is 30.3 Å². The molecule has 0 fully saturated rings. The van der Waals surface area contributed by atoms with Gasteiger partial charge in [-0.2, -0.15) is 0 Å². The third-order valence-corrected chi connectivity index (χ3v) is 3.06. The van der Waals surface area contributed by atoms with Crippen LogP contribution in [0.5, 0.6) is 0 Å². The molecule has 0 spiro atoms. The van der Waals surface area contributed by atoms with Crippen LogP contribution in [0.25, 0.3) is 0 Å². The van der Waals surface area contributed by atoms with E-state index in [9.17, 15) is 4.79 Å². The van der Waals surface area contributed by atoms with Gasteiger partial charge in [-0.15, -0.1) is 0 Å². The molecule has 0 radical (unpaired) electrons. The van der Waals surface area contributed by atoms with E-state index < -0.39 is 0 Å². The van der Waals surface area contributed by atoms with Gasteiger partial charge in [-0.1, -0.05) is 57.5 Å². The van der Waals surface area contributed by atoms with Crippen molar-refractivity contribution in [2.45, 2.75) is 39.0 Å². The Kier molecular flexibility index (Phi) is 5.69. The number of urea groups is 1. The summed E-state index contributed by atoms with van der Waals surface area (Å²) in [5, 5.41) is 5.79. The molecule has 0 aliphatic rings. The summed E-state index contributed by atoms with van der Waals surface area (Å²) in [4.78, 5) is 11.6. The number of unbranched alkanes of at least 4 members (excludes halogenated alkanes) is 1. The third-order valence-electron chi connectivity index (χ3n) is 3.06. The molecule has 2 amide bonds. The lowest BCUT2D eigenvalue weighted by atomic mass is 9.85. The van der Waals surface area contributed by atoms with Crippen LogP contribution in [0.4, 0.5) is 4.79 Å². The van der Waals surface area contributed by atoms with Crippen LogP contribution in [0.1, 0.15) is 39.2 Å². The van der Waals surface area contributed by atoms with Gasteiger partial charge in [0.25, 0.3) is 0 Å². The number of carbonyl (C=O) groups excluding carboxylic acids is 1.